The third-order valence-corrected chi connectivity index (χ3v) is 2.88. The minimum atomic E-state index is -0.719. The molecule has 5 N–H and O–H groups in total. The number of hydrogen-bond donors (Lipinski definition) is 4. The molecule has 0 bridgehead atoms. The largest absolute Gasteiger partial charge is 0.506 e. The van der Waals surface area contributed by atoms with Crippen molar-refractivity contribution < 1.29 is 19.1 Å². The molecular weight excluding hydrogens is 334 g/mol. The van der Waals surface area contributed by atoms with Crippen LogP contribution in [0, 0.1) is 0 Å². The predicted molar refractivity (Wildman–Crippen MR) is 94.0 cm³/mol. The number of rotatable bonds is 5. The Labute approximate surface area is 144 Å². The van der Waals surface area contributed by atoms with E-state index in [1.165, 1.54) is 43.5 Å². The van der Waals surface area contributed by atoms with Gasteiger partial charge in [-0.25, -0.2) is 0 Å². The van der Waals surface area contributed by atoms with Crippen LogP contribution in [0.5, 0.6) is 5.75 Å². The van der Waals surface area contributed by atoms with E-state index in [0.29, 0.717) is 11.4 Å². The van der Waals surface area contributed by atoms with Gasteiger partial charge in [0.15, 0.2) is 0 Å². The van der Waals surface area contributed by atoms with Crippen molar-refractivity contribution >= 4 is 41.7 Å². The van der Waals surface area contributed by atoms with Gasteiger partial charge in [0, 0.05) is 11.8 Å². The lowest BCUT2D eigenvalue weighted by atomic mass is 10.2. The van der Waals surface area contributed by atoms with Crippen molar-refractivity contribution in [3.8, 4) is 5.75 Å². The SMILES string of the molecule is C[C@H](N)C(=O)Nc1cc(NC(=O)/C=C/c2ccco2)ccc1O.Cl. The molecule has 0 saturated heterocycles. The summed E-state index contributed by atoms with van der Waals surface area (Å²) in [6, 6.07) is 7.02. The summed E-state index contributed by atoms with van der Waals surface area (Å²) in [5, 5.41) is 14.8. The van der Waals surface area contributed by atoms with Crippen LogP contribution in [0.3, 0.4) is 0 Å². The summed E-state index contributed by atoms with van der Waals surface area (Å²) >= 11 is 0. The van der Waals surface area contributed by atoms with E-state index >= 15 is 0 Å². The molecule has 8 heteroatoms. The van der Waals surface area contributed by atoms with E-state index in [1.54, 1.807) is 12.1 Å². The van der Waals surface area contributed by atoms with Gasteiger partial charge in [0.2, 0.25) is 11.8 Å². The Morgan fingerprint density at radius 1 is 1.29 bits per heavy atom. The van der Waals surface area contributed by atoms with E-state index in [-0.39, 0.29) is 29.8 Å². The minimum Gasteiger partial charge on any atom is -0.506 e. The first-order valence-corrected chi connectivity index (χ1v) is 6.88. The molecule has 7 nitrogen and oxygen atoms in total. The summed E-state index contributed by atoms with van der Waals surface area (Å²) in [6.45, 7) is 1.53. The summed E-state index contributed by atoms with van der Waals surface area (Å²) in [5.41, 5.74) is 6.04. The van der Waals surface area contributed by atoms with Crippen LogP contribution in [-0.2, 0) is 9.59 Å². The van der Waals surface area contributed by atoms with Crippen molar-refractivity contribution in [1.82, 2.24) is 0 Å². The number of carbonyl (C=O) groups excluding carboxylic acids is 2. The maximum absolute atomic E-state index is 11.8. The fourth-order valence-electron chi connectivity index (χ4n) is 1.69. The van der Waals surface area contributed by atoms with E-state index in [9.17, 15) is 14.7 Å². The first-order valence-electron chi connectivity index (χ1n) is 6.88. The van der Waals surface area contributed by atoms with Crippen molar-refractivity contribution in [1.29, 1.82) is 0 Å². The molecule has 0 aliphatic rings. The van der Waals surface area contributed by atoms with E-state index in [2.05, 4.69) is 10.6 Å². The maximum atomic E-state index is 11.8. The standard InChI is InChI=1S/C16H17N3O4.ClH/c1-10(17)16(22)19-13-9-11(4-6-14(13)20)18-15(21)7-5-12-3-2-8-23-12;/h2-10,20H,17H2,1H3,(H,18,21)(H,19,22);1H/b7-5+;/t10-;/m0./s1. The van der Waals surface area contributed by atoms with Crippen molar-refractivity contribution in [2.45, 2.75) is 13.0 Å². The number of carbonyl (C=O) groups is 2. The second-order valence-electron chi connectivity index (χ2n) is 4.85. The van der Waals surface area contributed by atoms with Crippen LogP contribution >= 0.6 is 12.4 Å². The highest BCUT2D eigenvalue weighted by Crippen LogP contribution is 2.26. The number of phenolic OH excluding ortho intramolecular Hbond substituents is 1. The quantitative estimate of drug-likeness (QED) is 0.374. The molecule has 2 amide bonds. The van der Waals surface area contributed by atoms with Gasteiger partial charge in [-0.1, -0.05) is 0 Å². The number of aromatic hydroxyl groups is 1. The average molecular weight is 352 g/mol. The zero-order valence-electron chi connectivity index (χ0n) is 12.9. The number of amides is 2. The molecule has 0 saturated carbocycles. The number of phenols is 1. The highest BCUT2D eigenvalue weighted by atomic mass is 35.5. The van der Waals surface area contributed by atoms with E-state index in [1.807, 2.05) is 0 Å². The maximum Gasteiger partial charge on any atom is 0.248 e. The van der Waals surface area contributed by atoms with Gasteiger partial charge < -0.3 is 25.9 Å². The number of anilines is 2. The summed E-state index contributed by atoms with van der Waals surface area (Å²) in [5.74, 6) is -0.392. The van der Waals surface area contributed by atoms with Crippen LogP contribution in [0.2, 0.25) is 0 Å². The van der Waals surface area contributed by atoms with E-state index in [4.69, 9.17) is 10.2 Å². The molecule has 1 aromatic carbocycles. The Kier molecular flexibility index (Phi) is 7.03. The van der Waals surface area contributed by atoms with Gasteiger partial charge in [-0.05, 0) is 43.3 Å². The van der Waals surface area contributed by atoms with Gasteiger partial charge in [-0.3, -0.25) is 9.59 Å². The molecule has 1 heterocycles. The third-order valence-electron chi connectivity index (χ3n) is 2.88. The fraction of sp³-hybridized carbons (Fsp3) is 0.125. The lowest BCUT2D eigenvalue weighted by Gasteiger charge is -2.11. The second-order valence-corrected chi connectivity index (χ2v) is 4.85. The number of hydrogen-bond acceptors (Lipinski definition) is 5. The third kappa shape index (κ3) is 5.45. The van der Waals surface area contributed by atoms with Gasteiger partial charge in [-0.2, -0.15) is 0 Å². The van der Waals surface area contributed by atoms with Gasteiger partial charge in [-0.15, -0.1) is 12.4 Å². The van der Waals surface area contributed by atoms with Gasteiger partial charge in [0.1, 0.15) is 11.5 Å². The van der Waals surface area contributed by atoms with Gasteiger partial charge in [0.05, 0.1) is 18.0 Å². The number of furan rings is 1. The van der Waals surface area contributed by atoms with Crippen molar-refractivity contribution in [2.75, 3.05) is 10.6 Å². The van der Waals surface area contributed by atoms with Crippen LogP contribution < -0.4 is 16.4 Å². The normalized spacial score (nSPS) is 11.6. The molecule has 0 aliphatic carbocycles. The van der Waals surface area contributed by atoms with Crippen LogP contribution in [0.4, 0.5) is 11.4 Å². The monoisotopic (exact) mass is 351 g/mol. The molecule has 0 fully saturated rings. The zero-order chi connectivity index (χ0) is 16.8. The lowest BCUT2D eigenvalue weighted by molar-refractivity contribution is -0.117. The number of halogens is 1. The predicted octanol–water partition coefficient (Wildman–Crippen LogP) is 2.34. The Bertz CT molecular complexity index is 727. The first kappa shape index (κ1) is 19.3. The van der Waals surface area contributed by atoms with Crippen molar-refractivity contribution in [3.05, 3.63) is 48.4 Å². The molecule has 2 rings (SSSR count). The molecular formula is C16H18ClN3O4. The molecule has 1 aromatic heterocycles. The Balaban J connectivity index is 0.00000288. The van der Waals surface area contributed by atoms with E-state index < -0.39 is 11.9 Å². The number of benzene rings is 1. The highest BCUT2D eigenvalue weighted by Gasteiger charge is 2.11. The molecule has 128 valence electrons. The molecule has 2 aromatic rings. The number of nitrogens with one attached hydrogen (secondary N) is 2. The zero-order valence-corrected chi connectivity index (χ0v) is 13.7. The summed E-state index contributed by atoms with van der Waals surface area (Å²) in [6.07, 6.45) is 4.34. The van der Waals surface area contributed by atoms with E-state index in [0.717, 1.165) is 0 Å². The van der Waals surface area contributed by atoms with Gasteiger partial charge in [0.25, 0.3) is 0 Å². The van der Waals surface area contributed by atoms with Crippen LogP contribution in [0.15, 0.2) is 47.1 Å². The first-order chi connectivity index (χ1) is 11.0. The van der Waals surface area contributed by atoms with Crippen molar-refractivity contribution in [2.24, 2.45) is 5.73 Å². The molecule has 0 spiro atoms. The fourth-order valence-corrected chi connectivity index (χ4v) is 1.69. The average Bonchev–Trinajstić information content (AvgIpc) is 3.02. The smallest absolute Gasteiger partial charge is 0.248 e. The summed E-state index contributed by atoms with van der Waals surface area (Å²) in [7, 11) is 0. The minimum absolute atomic E-state index is 0. The molecule has 0 aliphatic heterocycles. The number of nitrogens with two attached hydrogens (primary N) is 1. The van der Waals surface area contributed by atoms with Crippen LogP contribution in [-0.4, -0.2) is 23.0 Å². The molecule has 0 unspecified atom stereocenters. The summed E-state index contributed by atoms with van der Waals surface area (Å²) in [4.78, 5) is 23.4. The topological polar surface area (TPSA) is 118 Å². The highest BCUT2D eigenvalue weighted by molar-refractivity contribution is 6.02. The second kappa shape index (κ2) is 8.76. The molecule has 0 radical (unpaired) electrons. The Morgan fingerprint density at radius 2 is 2.04 bits per heavy atom. The lowest BCUT2D eigenvalue weighted by Crippen LogP contribution is -2.32. The van der Waals surface area contributed by atoms with Crippen LogP contribution in [0.1, 0.15) is 12.7 Å². The summed E-state index contributed by atoms with van der Waals surface area (Å²) < 4.78 is 5.08. The molecule has 1 atom stereocenters. The van der Waals surface area contributed by atoms with Crippen LogP contribution in [0.25, 0.3) is 6.08 Å². The van der Waals surface area contributed by atoms with Gasteiger partial charge >= 0.3 is 0 Å². The van der Waals surface area contributed by atoms with Crippen molar-refractivity contribution in [3.63, 3.8) is 0 Å². The Morgan fingerprint density at radius 3 is 2.67 bits per heavy atom. The Hall–Kier alpha value is -2.77. The molecule has 24 heavy (non-hydrogen) atoms.